The number of hydrogen-bond donors (Lipinski definition) is 5. The minimum Gasteiger partial charge on any atom is -0.471 e. The van der Waals surface area contributed by atoms with Crippen molar-refractivity contribution in [1.82, 2.24) is 10.3 Å². The zero-order valence-corrected chi connectivity index (χ0v) is 28.4. The standard InChI is InChI=1S/C28H30BrClF2N6O3S.C2H6/c1-28(2,3)26(40)34-13-15-5-10-19(30)20(11-15)36-27(42)37-21-12-18(24(39)35-17-8-6-16(29)7-9-17)25(38-23(21)33-4)41-14-22(31)32;1-2/h5-12,22H,13-14H2,1-4H3,(H,33,38)(H,34,40)(H,35,39)(H2,36,37,42);1-2H3. The van der Waals surface area contributed by atoms with Crippen molar-refractivity contribution in [1.29, 1.82) is 0 Å². The molecule has 0 fully saturated rings. The van der Waals surface area contributed by atoms with Gasteiger partial charge in [0, 0.05) is 29.2 Å². The fourth-order valence-corrected chi connectivity index (χ4v) is 4.08. The van der Waals surface area contributed by atoms with Crippen LogP contribution in [0.1, 0.15) is 50.5 Å². The fraction of sp³-hybridized carbons (Fsp3) is 0.333. The molecule has 9 nitrogen and oxygen atoms in total. The van der Waals surface area contributed by atoms with Gasteiger partial charge in [-0.3, -0.25) is 9.59 Å². The van der Waals surface area contributed by atoms with Crippen LogP contribution in [0.15, 0.2) is 53.0 Å². The predicted molar refractivity (Wildman–Crippen MR) is 181 cm³/mol. The van der Waals surface area contributed by atoms with Crippen molar-refractivity contribution in [3.8, 4) is 5.88 Å². The van der Waals surface area contributed by atoms with Crippen molar-refractivity contribution in [2.24, 2.45) is 5.41 Å². The molecule has 0 saturated carbocycles. The summed E-state index contributed by atoms with van der Waals surface area (Å²) < 4.78 is 31.9. The molecule has 44 heavy (non-hydrogen) atoms. The van der Waals surface area contributed by atoms with Gasteiger partial charge in [-0.25, -0.2) is 8.78 Å². The van der Waals surface area contributed by atoms with E-state index in [0.29, 0.717) is 16.4 Å². The van der Waals surface area contributed by atoms with Crippen LogP contribution in [-0.4, -0.2) is 42.0 Å². The summed E-state index contributed by atoms with van der Waals surface area (Å²) in [6.07, 6.45) is -2.77. The number of nitrogens with zero attached hydrogens (tertiary/aromatic N) is 1. The second-order valence-electron chi connectivity index (χ2n) is 9.98. The molecule has 0 unspecified atom stereocenters. The Hall–Kier alpha value is -3.55. The molecule has 3 aromatic rings. The number of anilines is 4. The summed E-state index contributed by atoms with van der Waals surface area (Å²) in [7, 11) is 1.56. The van der Waals surface area contributed by atoms with Crippen LogP contribution in [0.3, 0.4) is 0 Å². The van der Waals surface area contributed by atoms with Gasteiger partial charge in [-0.1, -0.05) is 68.2 Å². The molecule has 14 heteroatoms. The number of alkyl halides is 2. The third-order valence-electron chi connectivity index (χ3n) is 5.58. The molecule has 238 valence electrons. The first-order valence-corrected chi connectivity index (χ1v) is 15.2. The largest absolute Gasteiger partial charge is 0.471 e. The van der Waals surface area contributed by atoms with Gasteiger partial charge in [0.25, 0.3) is 12.3 Å². The average Bonchev–Trinajstić information content (AvgIpc) is 2.98. The second kappa shape index (κ2) is 17.1. The van der Waals surface area contributed by atoms with Gasteiger partial charge >= 0.3 is 0 Å². The number of nitrogens with one attached hydrogen (secondary N) is 5. The lowest BCUT2D eigenvalue weighted by Crippen LogP contribution is -2.34. The van der Waals surface area contributed by atoms with Crippen molar-refractivity contribution >= 4 is 79.6 Å². The quantitative estimate of drug-likeness (QED) is 0.135. The molecule has 3 rings (SSSR count). The molecular formula is C30H36BrClF2N6O3S. The highest BCUT2D eigenvalue weighted by atomic mass is 79.9. The van der Waals surface area contributed by atoms with Crippen molar-refractivity contribution < 1.29 is 23.1 Å². The first-order chi connectivity index (χ1) is 20.8. The van der Waals surface area contributed by atoms with E-state index in [1.807, 2.05) is 34.6 Å². The lowest BCUT2D eigenvalue weighted by Gasteiger charge is -2.19. The van der Waals surface area contributed by atoms with E-state index in [1.165, 1.54) is 6.07 Å². The van der Waals surface area contributed by atoms with Gasteiger partial charge in [-0.2, -0.15) is 4.98 Å². The van der Waals surface area contributed by atoms with Crippen LogP contribution in [0.2, 0.25) is 5.02 Å². The molecule has 0 aliphatic rings. The average molecular weight is 714 g/mol. The van der Waals surface area contributed by atoms with Crippen molar-refractivity contribution in [2.45, 2.75) is 47.6 Å². The maximum absolute atomic E-state index is 13.2. The molecular weight excluding hydrogens is 678 g/mol. The van der Waals surface area contributed by atoms with Gasteiger partial charge in [0.15, 0.2) is 17.5 Å². The molecule has 2 amide bonds. The number of halogens is 4. The fourth-order valence-electron chi connectivity index (χ4n) is 3.43. The summed E-state index contributed by atoms with van der Waals surface area (Å²) >= 11 is 15.2. The topological polar surface area (TPSA) is 116 Å². The van der Waals surface area contributed by atoms with Crippen molar-refractivity contribution in [3.63, 3.8) is 0 Å². The lowest BCUT2D eigenvalue weighted by atomic mass is 9.95. The third kappa shape index (κ3) is 11.2. The number of benzene rings is 2. The van der Waals surface area contributed by atoms with E-state index < -0.39 is 24.4 Å². The van der Waals surface area contributed by atoms with E-state index in [2.05, 4.69) is 47.5 Å². The zero-order chi connectivity index (χ0) is 33.0. The Balaban J connectivity index is 0.00000330. The molecule has 0 radical (unpaired) electrons. The summed E-state index contributed by atoms with van der Waals surface area (Å²) in [5.41, 5.74) is 1.36. The number of pyridine rings is 1. The lowest BCUT2D eigenvalue weighted by molar-refractivity contribution is -0.128. The van der Waals surface area contributed by atoms with Crippen LogP contribution in [-0.2, 0) is 11.3 Å². The molecule has 0 saturated heterocycles. The Bertz CT molecular complexity index is 1460. The van der Waals surface area contributed by atoms with Gasteiger partial charge in [-0.15, -0.1) is 0 Å². The smallest absolute Gasteiger partial charge is 0.272 e. The highest BCUT2D eigenvalue weighted by Crippen LogP contribution is 2.30. The van der Waals surface area contributed by atoms with Crippen LogP contribution in [0.25, 0.3) is 0 Å². The minimum absolute atomic E-state index is 0.0995. The number of aromatic nitrogens is 1. The van der Waals surface area contributed by atoms with Crippen LogP contribution in [0.4, 0.5) is 31.7 Å². The number of rotatable bonds is 10. The van der Waals surface area contributed by atoms with E-state index in [1.54, 1.807) is 49.5 Å². The molecule has 1 heterocycles. The highest BCUT2D eigenvalue weighted by Gasteiger charge is 2.22. The third-order valence-corrected chi connectivity index (χ3v) is 6.64. The number of thiocarbonyl (C=S) groups is 1. The number of amides is 2. The summed E-state index contributed by atoms with van der Waals surface area (Å²) in [5, 5.41) is 14.9. The highest BCUT2D eigenvalue weighted by molar-refractivity contribution is 9.10. The SMILES string of the molecule is CC.CNc1nc(OCC(F)F)c(C(=O)Nc2ccc(Br)cc2)cc1NC(=S)Nc1cc(CNC(=O)C(C)(C)C)ccc1Cl. The van der Waals surface area contributed by atoms with E-state index in [-0.39, 0.29) is 40.5 Å². The second-order valence-corrected chi connectivity index (χ2v) is 11.7. The number of hydrogen-bond acceptors (Lipinski definition) is 6. The van der Waals surface area contributed by atoms with E-state index in [4.69, 9.17) is 28.6 Å². The van der Waals surface area contributed by atoms with Crippen molar-refractivity contribution in [2.75, 3.05) is 34.9 Å². The van der Waals surface area contributed by atoms with Gasteiger partial charge in [0.2, 0.25) is 11.8 Å². The van der Waals surface area contributed by atoms with E-state index in [0.717, 1.165) is 10.0 Å². The number of ether oxygens (including phenoxy) is 1. The Labute approximate surface area is 275 Å². The van der Waals surface area contributed by atoms with E-state index in [9.17, 15) is 18.4 Å². The summed E-state index contributed by atoms with van der Waals surface area (Å²) in [6.45, 7) is 8.80. The Morgan fingerprint density at radius 3 is 2.25 bits per heavy atom. The molecule has 0 spiro atoms. The molecule has 2 aromatic carbocycles. The normalized spacial score (nSPS) is 10.7. The first kappa shape index (κ1) is 36.6. The van der Waals surface area contributed by atoms with Gasteiger partial charge in [0.05, 0.1) is 16.4 Å². The Kier molecular flexibility index (Phi) is 14.2. The van der Waals surface area contributed by atoms with Crippen LogP contribution in [0.5, 0.6) is 5.88 Å². The summed E-state index contributed by atoms with van der Waals surface area (Å²) in [4.78, 5) is 29.7. The molecule has 1 aromatic heterocycles. The van der Waals surface area contributed by atoms with E-state index >= 15 is 0 Å². The minimum atomic E-state index is -2.77. The summed E-state index contributed by atoms with van der Waals surface area (Å²) in [5.74, 6) is -0.830. The summed E-state index contributed by atoms with van der Waals surface area (Å²) in [6, 6.07) is 13.4. The molecule has 0 aliphatic carbocycles. The molecule has 5 N–H and O–H groups in total. The van der Waals surface area contributed by atoms with Crippen LogP contribution in [0, 0.1) is 5.41 Å². The Morgan fingerprint density at radius 1 is 1.02 bits per heavy atom. The Morgan fingerprint density at radius 2 is 1.66 bits per heavy atom. The van der Waals surface area contributed by atoms with Crippen LogP contribution >= 0.6 is 39.7 Å². The van der Waals surface area contributed by atoms with Crippen LogP contribution < -0.4 is 31.3 Å². The monoisotopic (exact) mass is 712 g/mol. The van der Waals surface area contributed by atoms with Gasteiger partial charge in [0.1, 0.15) is 5.56 Å². The zero-order valence-electron chi connectivity index (χ0n) is 25.2. The first-order valence-electron chi connectivity index (χ1n) is 13.6. The van der Waals surface area contributed by atoms with Crippen molar-refractivity contribution in [3.05, 3.63) is 69.2 Å². The molecule has 0 bridgehead atoms. The number of carbonyl (C=O) groups excluding carboxylic acids is 2. The molecule has 0 aliphatic heterocycles. The molecule has 0 atom stereocenters. The maximum atomic E-state index is 13.2. The predicted octanol–water partition coefficient (Wildman–Crippen LogP) is 7.93. The maximum Gasteiger partial charge on any atom is 0.272 e. The number of carbonyl (C=O) groups is 2. The van der Waals surface area contributed by atoms with Gasteiger partial charge < -0.3 is 31.3 Å². The van der Waals surface area contributed by atoms with Gasteiger partial charge in [-0.05, 0) is 60.2 Å².